The molecule has 0 aliphatic carbocycles. The first-order chi connectivity index (χ1) is 18.0. The molecule has 0 bridgehead atoms. The van der Waals surface area contributed by atoms with E-state index in [1.54, 1.807) is 12.1 Å². The van der Waals surface area contributed by atoms with Gasteiger partial charge in [-0.15, -0.1) is 0 Å². The fourth-order valence-electron chi connectivity index (χ4n) is 3.95. The predicted molar refractivity (Wildman–Crippen MR) is 150 cm³/mol. The molecule has 0 atom stereocenters. The molecule has 5 N–H and O–H groups in total. The van der Waals surface area contributed by atoms with Gasteiger partial charge in [-0.05, 0) is 85.3 Å². The van der Waals surface area contributed by atoms with Crippen LogP contribution in [0, 0.1) is 0 Å². The van der Waals surface area contributed by atoms with E-state index >= 15 is 0 Å². The van der Waals surface area contributed by atoms with Gasteiger partial charge in [0.1, 0.15) is 0 Å². The number of nitrogens with two attached hydrogens (primary N) is 1. The van der Waals surface area contributed by atoms with Gasteiger partial charge in [-0.25, -0.2) is 4.79 Å². The number of aryl methyl sites for hydroxylation is 1. The van der Waals surface area contributed by atoms with Crippen molar-refractivity contribution in [1.29, 1.82) is 0 Å². The molecule has 1 aromatic heterocycles. The highest BCUT2D eigenvalue weighted by Gasteiger charge is 2.06. The van der Waals surface area contributed by atoms with E-state index in [-0.39, 0.29) is 11.9 Å². The third-order valence-electron chi connectivity index (χ3n) is 5.85. The molecular formula is C30H31N5O2. The zero-order chi connectivity index (χ0) is 25.9. The molecule has 0 aliphatic rings. The molecular weight excluding hydrogens is 462 g/mol. The minimum Gasteiger partial charge on any atom is -0.397 e. The van der Waals surface area contributed by atoms with Crippen LogP contribution in [0.25, 0.3) is 0 Å². The zero-order valence-corrected chi connectivity index (χ0v) is 20.6. The molecule has 3 aromatic carbocycles. The Bertz CT molecular complexity index is 1320. The maximum Gasteiger partial charge on any atom is 0.323 e. The standard InChI is InChI=1S/C30H31N5O2/c31-27-11-5-6-12-28(27)35-29(36)13-7-4-10-26-21-23(18-19-32-26)20-22-14-16-25(17-15-22)34-30(37)33-24-8-2-1-3-9-24/h1-3,5-6,8-9,11-12,14-19,21H,4,7,10,13,20,31H2,(H,35,36)(H2,33,34,37). The van der Waals surface area contributed by atoms with Gasteiger partial charge in [-0.2, -0.15) is 0 Å². The first-order valence-electron chi connectivity index (χ1n) is 12.4. The SMILES string of the molecule is Nc1ccccc1NC(=O)CCCCc1cc(Cc2ccc(NC(=O)Nc3ccccc3)cc2)ccn1. The number of nitrogens with zero attached hydrogens (tertiary/aromatic N) is 1. The van der Waals surface area contributed by atoms with Crippen molar-refractivity contribution in [3.05, 3.63) is 114 Å². The van der Waals surface area contributed by atoms with E-state index in [0.717, 1.165) is 48.3 Å². The van der Waals surface area contributed by atoms with Crippen LogP contribution >= 0.6 is 0 Å². The van der Waals surface area contributed by atoms with Gasteiger partial charge in [0.25, 0.3) is 0 Å². The van der Waals surface area contributed by atoms with Crippen LogP contribution < -0.4 is 21.7 Å². The average molecular weight is 494 g/mol. The Morgan fingerprint density at radius 2 is 1.43 bits per heavy atom. The molecule has 0 fully saturated rings. The molecule has 3 amide bonds. The van der Waals surface area contributed by atoms with Gasteiger partial charge in [0.2, 0.25) is 5.91 Å². The topological polar surface area (TPSA) is 109 Å². The average Bonchev–Trinajstić information content (AvgIpc) is 2.90. The van der Waals surface area contributed by atoms with Crippen molar-refractivity contribution in [2.24, 2.45) is 0 Å². The van der Waals surface area contributed by atoms with Gasteiger partial charge in [0, 0.05) is 29.7 Å². The van der Waals surface area contributed by atoms with Crippen LogP contribution in [0.4, 0.5) is 27.5 Å². The molecule has 188 valence electrons. The predicted octanol–water partition coefficient (Wildman–Crippen LogP) is 6.25. The first kappa shape index (κ1) is 25.4. The monoisotopic (exact) mass is 493 g/mol. The van der Waals surface area contributed by atoms with E-state index in [1.807, 2.05) is 79.0 Å². The lowest BCUT2D eigenvalue weighted by atomic mass is 10.0. The van der Waals surface area contributed by atoms with Crippen LogP contribution in [-0.4, -0.2) is 16.9 Å². The molecule has 4 aromatic rings. The van der Waals surface area contributed by atoms with E-state index < -0.39 is 0 Å². The Morgan fingerprint density at radius 1 is 0.730 bits per heavy atom. The van der Waals surface area contributed by atoms with Crippen molar-refractivity contribution in [3.63, 3.8) is 0 Å². The highest BCUT2D eigenvalue weighted by Crippen LogP contribution is 2.18. The smallest absolute Gasteiger partial charge is 0.323 e. The van der Waals surface area contributed by atoms with Crippen LogP contribution in [-0.2, 0) is 17.6 Å². The number of nitrogens with one attached hydrogen (secondary N) is 3. The fraction of sp³-hybridized carbons (Fsp3) is 0.167. The van der Waals surface area contributed by atoms with Crippen LogP contribution in [0.3, 0.4) is 0 Å². The molecule has 0 unspecified atom stereocenters. The van der Waals surface area contributed by atoms with Crippen molar-refractivity contribution in [2.75, 3.05) is 21.7 Å². The number of hydrogen-bond acceptors (Lipinski definition) is 4. The molecule has 0 saturated carbocycles. The highest BCUT2D eigenvalue weighted by molar-refractivity contribution is 5.99. The quantitative estimate of drug-likeness (QED) is 0.155. The Balaban J connectivity index is 1.21. The molecule has 4 rings (SSSR count). The molecule has 0 aliphatic heterocycles. The van der Waals surface area contributed by atoms with E-state index in [4.69, 9.17) is 5.73 Å². The Hall–Kier alpha value is -4.65. The summed E-state index contributed by atoms with van der Waals surface area (Å²) in [7, 11) is 0. The normalized spacial score (nSPS) is 10.5. The summed E-state index contributed by atoms with van der Waals surface area (Å²) in [6.07, 6.45) is 5.51. The Labute approximate surface area is 217 Å². The number of nitrogen functional groups attached to an aromatic ring is 1. The summed E-state index contributed by atoms with van der Waals surface area (Å²) in [5.41, 5.74) is 11.9. The van der Waals surface area contributed by atoms with Gasteiger partial charge >= 0.3 is 6.03 Å². The molecule has 0 saturated heterocycles. The number of amides is 3. The lowest BCUT2D eigenvalue weighted by molar-refractivity contribution is -0.116. The van der Waals surface area contributed by atoms with Gasteiger partial charge in [0.15, 0.2) is 0 Å². The number of pyridine rings is 1. The lowest BCUT2D eigenvalue weighted by Gasteiger charge is -2.09. The lowest BCUT2D eigenvalue weighted by Crippen LogP contribution is -2.19. The second-order valence-corrected chi connectivity index (χ2v) is 8.82. The number of benzene rings is 3. The van der Waals surface area contributed by atoms with Crippen molar-refractivity contribution < 1.29 is 9.59 Å². The third kappa shape index (κ3) is 8.21. The number of carbonyl (C=O) groups is 2. The number of unbranched alkanes of at least 4 members (excludes halogenated alkanes) is 1. The summed E-state index contributed by atoms with van der Waals surface area (Å²) in [6.45, 7) is 0. The number of para-hydroxylation sites is 3. The summed E-state index contributed by atoms with van der Waals surface area (Å²) >= 11 is 0. The maximum atomic E-state index is 12.2. The molecule has 7 heteroatoms. The number of urea groups is 1. The molecule has 0 spiro atoms. The van der Waals surface area contributed by atoms with Crippen molar-refractivity contribution in [3.8, 4) is 0 Å². The Morgan fingerprint density at radius 3 is 2.19 bits per heavy atom. The van der Waals surface area contributed by atoms with Crippen molar-refractivity contribution in [2.45, 2.75) is 32.1 Å². The van der Waals surface area contributed by atoms with Gasteiger partial charge in [-0.1, -0.05) is 42.5 Å². The van der Waals surface area contributed by atoms with E-state index in [1.165, 1.54) is 5.56 Å². The minimum absolute atomic E-state index is 0.0323. The van der Waals surface area contributed by atoms with E-state index in [0.29, 0.717) is 17.8 Å². The maximum absolute atomic E-state index is 12.2. The zero-order valence-electron chi connectivity index (χ0n) is 20.6. The number of carbonyl (C=O) groups excluding carboxylic acids is 2. The number of anilines is 4. The van der Waals surface area contributed by atoms with Gasteiger partial charge < -0.3 is 21.7 Å². The third-order valence-corrected chi connectivity index (χ3v) is 5.85. The summed E-state index contributed by atoms with van der Waals surface area (Å²) in [6, 6.07) is 28.3. The van der Waals surface area contributed by atoms with Crippen LogP contribution in [0.15, 0.2) is 97.2 Å². The Kier molecular flexibility index (Phi) is 8.86. The summed E-state index contributed by atoms with van der Waals surface area (Å²) in [5, 5.41) is 8.52. The van der Waals surface area contributed by atoms with E-state index in [2.05, 4.69) is 27.0 Å². The van der Waals surface area contributed by atoms with Crippen LogP contribution in [0.5, 0.6) is 0 Å². The summed E-state index contributed by atoms with van der Waals surface area (Å²) in [4.78, 5) is 28.9. The van der Waals surface area contributed by atoms with E-state index in [9.17, 15) is 9.59 Å². The first-order valence-corrected chi connectivity index (χ1v) is 12.4. The number of hydrogen-bond donors (Lipinski definition) is 4. The molecule has 1 heterocycles. The van der Waals surface area contributed by atoms with Crippen LogP contribution in [0.1, 0.15) is 36.1 Å². The van der Waals surface area contributed by atoms with Crippen molar-refractivity contribution >= 4 is 34.7 Å². The van der Waals surface area contributed by atoms with Gasteiger partial charge in [0.05, 0.1) is 11.4 Å². The van der Waals surface area contributed by atoms with Crippen molar-refractivity contribution in [1.82, 2.24) is 4.98 Å². The number of rotatable bonds is 10. The second kappa shape index (κ2) is 12.9. The molecule has 0 radical (unpaired) electrons. The highest BCUT2D eigenvalue weighted by atomic mass is 16.2. The number of aromatic nitrogens is 1. The second-order valence-electron chi connectivity index (χ2n) is 8.82. The summed E-state index contributed by atoms with van der Waals surface area (Å²) < 4.78 is 0. The van der Waals surface area contributed by atoms with Crippen LogP contribution in [0.2, 0.25) is 0 Å². The summed E-state index contributed by atoms with van der Waals surface area (Å²) in [5.74, 6) is -0.0323. The minimum atomic E-state index is -0.278. The molecule has 37 heavy (non-hydrogen) atoms. The largest absolute Gasteiger partial charge is 0.397 e. The molecule has 7 nitrogen and oxygen atoms in total. The van der Waals surface area contributed by atoms with Gasteiger partial charge in [-0.3, -0.25) is 9.78 Å². The fourth-order valence-corrected chi connectivity index (χ4v) is 3.95.